The molecule has 0 aliphatic carbocycles. The number of sulfone groups is 1. The van der Waals surface area contributed by atoms with Gasteiger partial charge in [0.15, 0.2) is 9.84 Å². The number of allylic oxidation sites excluding steroid dienone is 3. The number of nitrogens with zero attached hydrogens (tertiary/aromatic N) is 3. The summed E-state index contributed by atoms with van der Waals surface area (Å²) in [5.74, 6) is 0.358. The molecule has 3 heterocycles. The Balaban J connectivity index is 1.48. The van der Waals surface area contributed by atoms with Crippen LogP contribution in [0, 0.1) is 5.92 Å². The van der Waals surface area contributed by atoms with Crippen LogP contribution in [-0.2, 0) is 9.84 Å². The second kappa shape index (κ2) is 11.3. The number of piperazine rings is 1. The number of alkyl halides is 3. The van der Waals surface area contributed by atoms with Crippen molar-refractivity contribution in [1.29, 1.82) is 0 Å². The minimum absolute atomic E-state index is 0.0154. The molecule has 204 valence electrons. The zero-order chi connectivity index (χ0) is 26.8. The van der Waals surface area contributed by atoms with Crippen molar-refractivity contribution in [1.82, 2.24) is 9.80 Å². The average Bonchev–Trinajstić information content (AvgIpc) is 3.04. The molecule has 2 bridgehead atoms. The predicted octanol–water partition coefficient (Wildman–Crippen LogP) is 5.07. The highest BCUT2D eigenvalue weighted by atomic mass is 32.2. The number of anilines is 1. The van der Waals surface area contributed by atoms with Crippen LogP contribution in [0.3, 0.4) is 0 Å². The van der Waals surface area contributed by atoms with Gasteiger partial charge in [0.05, 0.1) is 17.5 Å². The molecule has 3 saturated heterocycles. The summed E-state index contributed by atoms with van der Waals surface area (Å²) in [6.45, 7) is 8.55. The topological polar surface area (TPSA) is 43.9 Å². The molecule has 3 aliphatic rings. The molecule has 0 N–H and O–H groups in total. The molecular weight excluding hydrogens is 499 g/mol. The maximum atomic E-state index is 13.1. The molecule has 3 aliphatic heterocycles. The van der Waals surface area contributed by atoms with E-state index in [1.165, 1.54) is 6.26 Å². The minimum Gasteiger partial charge on any atom is -0.368 e. The Morgan fingerprint density at radius 1 is 1.14 bits per heavy atom. The molecule has 37 heavy (non-hydrogen) atoms. The fourth-order valence-electron chi connectivity index (χ4n) is 6.27. The number of halogens is 3. The fourth-order valence-corrected chi connectivity index (χ4v) is 6.93. The van der Waals surface area contributed by atoms with Gasteiger partial charge in [-0.25, -0.2) is 8.42 Å². The van der Waals surface area contributed by atoms with Crippen LogP contribution in [0.1, 0.15) is 32.6 Å². The highest BCUT2D eigenvalue weighted by Crippen LogP contribution is 2.41. The third-order valence-electron chi connectivity index (χ3n) is 7.98. The zero-order valence-corrected chi connectivity index (χ0v) is 22.5. The Hall–Kier alpha value is -2.10. The third kappa shape index (κ3) is 7.06. The van der Waals surface area contributed by atoms with Crippen molar-refractivity contribution in [3.63, 3.8) is 0 Å². The van der Waals surface area contributed by atoms with E-state index in [0.29, 0.717) is 17.4 Å². The van der Waals surface area contributed by atoms with Crippen molar-refractivity contribution in [2.24, 2.45) is 5.92 Å². The van der Waals surface area contributed by atoms with Gasteiger partial charge in [-0.1, -0.05) is 36.9 Å². The summed E-state index contributed by atoms with van der Waals surface area (Å²) in [5, 5.41) is 0. The first kappa shape index (κ1) is 27.9. The first-order valence-electron chi connectivity index (χ1n) is 13.0. The Kier molecular flexibility index (Phi) is 8.55. The van der Waals surface area contributed by atoms with Gasteiger partial charge < -0.3 is 4.90 Å². The van der Waals surface area contributed by atoms with Gasteiger partial charge >= 0.3 is 6.18 Å². The average molecular weight is 538 g/mol. The largest absolute Gasteiger partial charge is 0.401 e. The van der Waals surface area contributed by atoms with Gasteiger partial charge in [0.25, 0.3) is 0 Å². The summed E-state index contributed by atoms with van der Waals surface area (Å²) in [4.78, 5) is 6.64. The monoisotopic (exact) mass is 537 g/mol. The fraction of sp³-hybridized carbons (Fsp3) is 0.571. The number of hydrogen-bond donors (Lipinski definition) is 0. The van der Waals surface area contributed by atoms with Gasteiger partial charge in [0.1, 0.15) is 0 Å². The van der Waals surface area contributed by atoms with Gasteiger partial charge in [-0.2, -0.15) is 13.2 Å². The molecule has 0 saturated carbocycles. The van der Waals surface area contributed by atoms with Gasteiger partial charge in [0, 0.05) is 50.2 Å². The maximum absolute atomic E-state index is 13.1. The summed E-state index contributed by atoms with van der Waals surface area (Å²) in [7, 11) is -3.31. The summed E-state index contributed by atoms with van der Waals surface area (Å²) < 4.78 is 63.5. The minimum atomic E-state index is -4.15. The molecule has 5 nitrogen and oxygen atoms in total. The van der Waals surface area contributed by atoms with E-state index in [2.05, 4.69) is 16.4 Å². The Morgan fingerprint density at radius 2 is 1.84 bits per heavy atom. The van der Waals surface area contributed by atoms with Crippen molar-refractivity contribution in [2.45, 2.75) is 61.8 Å². The van der Waals surface area contributed by atoms with Crippen molar-refractivity contribution in [2.75, 3.05) is 43.9 Å². The molecule has 9 heteroatoms. The summed E-state index contributed by atoms with van der Waals surface area (Å²) in [5.41, 5.74) is 1.84. The van der Waals surface area contributed by atoms with Crippen LogP contribution in [0.25, 0.3) is 0 Å². The van der Waals surface area contributed by atoms with E-state index in [0.717, 1.165) is 56.6 Å². The van der Waals surface area contributed by atoms with E-state index >= 15 is 0 Å². The summed E-state index contributed by atoms with van der Waals surface area (Å²) in [6.07, 6.45) is 8.27. The Labute approximate surface area is 219 Å². The van der Waals surface area contributed by atoms with Crippen LogP contribution in [0.15, 0.2) is 65.6 Å². The maximum Gasteiger partial charge on any atom is 0.401 e. The van der Waals surface area contributed by atoms with Gasteiger partial charge in [-0.3, -0.25) is 9.80 Å². The summed E-state index contributed by atoms with van der Waals surface area (Å²) >= 11 is 0. The van der Waals surface area contributed by atoms with Crippen LogP contribution in [-0.4, -0.2) is 81.5 Å². The van der Waals surface area contributed by atoms with Crippen molar-refractivity contribution < 1.29 is 21.6 Å². The lowest BCUT2D eigenvalue weighted by atomic mass is 9.89. The molecule has 0 spiro atoms. The lowest BCUT2D eigenvalue weighted by Gasteiger charge is -2.46. The molecule has 4 atom stereocenters. The van der Waals surface area contributed by atoms with E-state index < -0.39 is 22.6 Å². The molecule has 3 fully saturated rings. The smallest absolute Gasteiger partial charge is 0.368 e. The first-order chi connectivity index (χ1) is 17.4. The molecule has 0 aromatic heterocycles. The molecule has 1 aromatic rings. The number of rotatable bonds is 8. The van der Waals surface area contributed by atoms with Gasteiger partial charge in [0.2, 0.25) is 0 Å². The molecule has 4 rings (SSSR count). The number of fused-ring (bicyclic) bond motifs is 2. The quantitative estimate of drug-likeness (QED) is 0.433. The highest BCUT2D eigenvalue weighted by Gasteiger charge is 2.46. The first-order valence-corrected chi connectivity index (χ1v) is 14.9. The van der Waals surface area contributed by atoms with E-state index in [9.17, 15) is 21.6 Å². The number of benzene rings is 1. The predicted molar refractivity (Wildman–Crippen MR) is 143 cm³/mol. The van der Waals surface area contributed by atoms with Crippen molar-refractivity contribution in [3.8, 4) is 0 Å². The van der Waals surface area contributed by atoms with E-state index in [4.69, 9.17) is 0 Å². The van der Waals surface area contributed by atoms with E-state index in [1.54, 1.807) is 23.1 Å². The molecule has 0 unspecified atom stereocenters. The van der Waals surface area contributed by atoms with Crippen LogP contribution in [0.2, 0.25) is 0 Å². The van der Waals surface area contributed by atoms with Crippen LogP contribution in [0.5, 0.6) is 0 Å². The van der Waals surface area contributed by atoms with E-state index in [-0.39, 0.29) is 18.1 Å². The lowest BCUT2D eigenvalue weighted by Crippen LogP contribution is -2.56. The van der Waals surface area contributed by atoms with Crippen molar-refractivity contribution in [3.05, 3.63) is 60.7 Å². The van der Waals surface area contributed by atoms with Gasteiger partial charge in [-0.15, -0.1) is 0 Å². The SMILES string of the molecule is C=C(/C=C\C=C/C)[C@@H]1CN(c2cccc(S(C)(=O)=O)c2)CCN1C[C@@H]1C[C@H]2CC[C@@H](C1)N2CC(F)(F)F. The van der Waals surface area contributed by atoms with E-state index in [1.807, 2.05) is 37.3 Å². The second-order valence-corrected chi connectivity index (χ2v) is 12.7. The van der Waals surface area contributed by atoms with Crippen molar-refractivity contribution >= 4 is 15.5 Å². The molecule has 1 aromatic carbocycles. The Morgan fingerprint density at radius 3 is 2.46 bits per heavy atom. The number of hydrogen-bond acceptors (Lipinski definition) is 5. The second-order valence-electron chi connectivity index (χ2n) is 10.7. The lowest BCUT2D eigenvalue weighted by molar-refractivity contribution is -0.157. The zero-order valence-electron chi connectivity index (χ0n) is 21.7. The third-order valence-corrected chi connectivity index (χ3v) is 9.09. The van der Waals surface area contributed by atoms with Crippen LogP contribution < -0.4 is 4.90 Å². The molecule has 0 amide bonds. The van der Waals surface area contributed by atoms with Crippen LogP contribution >= 0.6 is 0 Å². The highest BCUT2D eigenvalue weighted by molar-refractivity contribution is 7.90. The normalized spacial score (nSPS) is 28.0. The molecule has 0 radical (unpaired) electrons. The van der Waals surface area contributed by atoms with Crippen LogP contribution in [0.4, 0.5) is 18.9 Å². The Bertz CT molecular complexity index is 1120. The summed E-state index contributed by atoms with van der Waals surface area (Å²) in [6, 6.07) is 7.12. The number of piperidine rings is 1. The molecular formula is C28H38F3N3O2S. The van der Waals surface area contributed by atoms with Gasteiger partial charge in [-0.05, 0) is 62.3 Å². The standard InChI is InChI=1S/C28H38F3N3O2S/c1-4-5-6-8-21(2)27-19-32(23-9-7-10-26(17-23)37(3,35)36)13-14-33(27)18-22-15-24-11-12-25(16-22)34(24)20-28(29,30)31/h4-10,17,22,24-25,27H,2,11-16,18-20H2,1,3H3/b5-4-,8-6-/t22-,24-,25+,27-/m0/s1.